The molecule has 3 nitrogen and oxygen atoms in total. The molecule has 1 N–H and O–H groups in total. The number of halogens is 6. The van der Waals surface area contributed by atoms with E-state index in [1.165, 1.54) is 0 Å². The van der Waals surface area contributed by atoms with E-state index in [4.69, 9.17) is 0 Å². The van der Waals surface area contributed by atoms with Crippen LogP contribution in [0, 0.1) is 0 Å². The fourth-order valence-electron chi connectivity index (χ4n) is 1.68. The third kappa shape index (κ3) is 4.44. The van der Waals surface area contributed by atoms with Gasteiger partial charge in [-0.15, -0.1) is 0 Å². The minimum atomic E-state index is -4.66. The number of aromatic hydroxyl groups is 1. The second-order valence-electron chi connectivity index (χ2n) is 4.44. The Balaban J connectivity index is 2.32. The summed E-state index contributed by atoms with van der Waals surface area (Å²) in [4.78, 5) is 6.82. The van der Waals surface area contributed by atoms with Gasteiger partial charge in [-0.05, 0) is 35.9 Å². The Morgan fingerprint density at radius 3 is 2.22 bits per heavy atom. The summed E-state index contributed by atoms with van der Waals surface area (Å²) in [7, 11) is 0. The van der Waals surface area contributed by atoms with Crippen molar-refractivity contribution in [3.8, 4) is 5.75 Å². The lowest BCUT2D eigenvalue weighted by atomic mass is 10.1. The summed E-state index contributed by atoms with van der Waals surface area (Å²) in [5, 5.41) is 9.29. The van der Waals surface area contributed by atoms with Crippen molar-refractivity contribution in [2.24, 2.45) is 0 Å². The normalized spacial score (nSPS) is 12.8. The lowest BCUT2D eigenvalue weighted by Gasteiger charge is -2.08. The molecule has 0 saturated heterocycles. The van der Waals surface area contributed by atoms with Gasteiger partial charge in [0.15, 0.2) is 5.82 Å². The van der Waals surface area contributed by atoms with E-state index in [1.54, 1.807) is 0 Å². The molecule has 0 aliphatic carbocycles. The van der Waals surface area contributed by atoms with Crippen LogP contribution in [-0.4, -0.2) is 15.1 Å². The van der Waals surface area contributed by atoms with Crippen LogP contribution in [-0.2, 0) is 12.4 Å². The predicted molar refractivity (Wildman–Crippen MR) is 69.1 cm³/mol. The number of aromatic nitrogens is 2. The number of rotatable bonds is 2. The van der Waals surface area contributed by atoms with Crippen LogP contribution in [0.15, 0.2) is 30.5 Å². The van der Waals surface area contributed by atoms with E-state index in [9.17, 15) is 31.4 Å². The van der Waals surface area contributed by atoms with E-state index in [1.807, 2.05) is 0 Å². The molecule has 0 amide bonds. The summed E-state index contributed by atoms with van der Waals surface area (Å²) in [6, 6.07) is 2.98. The van der Waals surface area contributed by atoms with E-state index in [2.05, 4.69) is 9.97 Å². The lowest BCUT2D eigenvalue weighted by molar-refractivity contribution is -0.141. The van der Waals surface area contributed by atoms with Gasteiger partial charge in [0.2, 0.25) is 0 Å². The molecule has 23 heavy (non-hydrogen) atoms. The van der Waals surface area contributed by atoms with E-state index in [-0.39, 0.29) is 11.4 Å². The molecule has 2 rings (SSSR count). The molecule has 0 bridgehead atoms. The summed E-state index contributed by atoms with van der Waals surface area (Å²) in [6.07, 6.45) is -6.33. The van der Waals surface area contributed by atoms with Crippen molar-refractivity contribution in [2.75, 3.05) is 0 Å². The van der Waals surface area contributed by atoms with Gasteiger partial charge in [-0.2, -0.15) is 26.3 Å². The number of phenolic OH excluding ortho intramolecular Hbond substituents is 1. The smallest absolute Gasteiger partial charge is 0.433 e. The Hall–Kier alpha value is -2.58. The molecule has 0 unspecified atom stereocenters. The first kappa shape index (κ1) is 16.8. The van der Waals surface area contributed by atoms with Gasteiger partial charge < -0.3 is 5.11 Å². The number of benzene rings is 1. The third-order valence-corrected chi connectivity index (χ3v) is 2.66. The Morgan fingerprint density at radius 1 is 0.913 bits per heavy atom. The van der Waals surface area contributed by atoms with Gasteiger partial charge in [0.05, 0.1) is 5.56 Å². The van der Waals surface area contributed by atoms with Gasteiger partial charge in [0, 0.05) is 6.20 Å². The van der Waals surface area contributed by atoms with E-state index < -0.39 is 29.4 Å². The quantitative estimate of drug-likeness (QED) is 0.829. The topological polar surface area (TPSA) is 46.0 Å². The summed E-state index contributed by atoms with van der Waals surface area (Å²) in [5.74, 6) is -0.943. The first-order chi connectivity index (χ1) is 10.6. The highest BCUT2D eigenvalue weighted by atomic mass is 19.4. The Kier molecular flexibility index (Phi) is 4.31. The van der Waals surface area contributed by atoms with Gasteiger partial charge in [-0.1, -0.05) is 6.08 Å². The Labute approximate surface area is 125 Å². The van der Waals surface area contributed by atoms with Crippen molar-refractivity contribution in [1.29, 1.82) is 0 Å². The average molecular weight is 334 g/mol. The zero-order chi connectivity index (χ0) is 17.3. The van der Waals surface area contributed by atoms with E-state index in [0.717, 1.165) is 30.5 Å². The number of hydrogen-bond donors (Lipinski definition) is 1. The molecular formula is C14H8F6N2O. The largest absolute Gasteiger partial charge is 0.508 e. The molecule has 0 radical (unpaired) electrons. The maximum absolute atomic E-state index is 12.6. The van der Waals surface area contributed by atoms with Gasteiger partial charge >= 0.3 is 12.4 Å². The highest BCUT2D eigenvalue weighted by Gasteiger charge is 2.32. The summed E-state index contributed by atoms with van der Waals surface area (Å²) >= 11 is 0. The Morgan fingerprint density at radius 2 is 1.61 bits per heavy atom. The predicted octanol–water partition coefficient (Wildman–Crippen LogP) is 4.39. The van der Waals surface area contributed by atoms with Gasteiger partial charge in [0.1, 0.15) is 11.4 Å². The average Bonchev–Trinajstić information content (AvgIpc) is 2.43. The van der Waals surface area contributed by atoms with Gasteiger partial charge in [0.25, 0.3) is 0 Å². The molecule has 0 fully saturated rings. The molecule has 2 aromatic rings. The summed E-state index contributed by atoms with van der Waals surface area (Å²) < 4.78 is 75.3. The molecule has 1 heterocycles. The van der Waals surface area contributed by atoms with Crippen molar-refractivity contribution in [3.63, 3.8) is 0 Å². The Bertz CT molecular complexity index is 737. The fraction of sp³-hybridized carbons (Fsp3) is 0.143. The van der Waals surface area contributed by atoms with Gasteiger partial charge in [-0.25, -0.2) is 9.97 Å². The molecule has 9 heteroatoms. The maximum atomic E-state index is 12.6. The van der Waals surface area contributed by atoms with Crippen molar-refractivity contribution < 1.29 is 31.4 Å². The van der Waals surface area contributed by atoms with Crippen molar-refractivity contribution >= 4 is 12.2 Å². The van der Waals surface area contributed by atoms with Crippen molar-refractivity contribution in [2.45, 2.75) is 12.4 Å². The van der Waals surface area contributed by atoms with Gasteiger partial charge in [-0.3, -0.25) is 0 Å². The maximum Gasteiger partial charge on any atom is 0.433 e. The van der Waals surface area contributed by atoms with Crippen LogP contribution < -0.4 is 0 Å². The molecular weight excluding hydrogens is 326 g/mol. The standard InChI is InChI=1S/C14H8F6N2O/c15-13(16,17)9-5-8(6-10(23)7-9)1-2-12-21-4-3-11(22-12)14(18,19)20/h1-7,23H/b2-1+. The van der Waals surface area contributed by atoms with Crippen molar-refractivity contribution in [1.82, 2.24) is 9.97 Å². The monoisotopic (exact) mass is 334 g/mol. The van der Waals surface area contributed by atoms with Crippen molar-refractivity contribution in [3.05, 3.63) is 53.1 Å². The molecule has 0 atom stereocenters. The second-order valence-corrected chi connectivity index (χ2v) is 4.44. The van der Waals surface area contributed by atoms with Crippen LogP contribution in [0.25, 0.3) is 12.2 Å². The van der Waals surface area contributed by atoms with E-state index >= 15 is 0 Å². The van der Waals surface area contributed by atoms with Crippen LogP contribution in [0.2, 0.25) is 0 Å². The minimum Gasteiger partial charge on any atom is -0.508 e. The van der Waals surface area contributed by atoms with E-state index in [0.29, 0.717) is 12.1 Å². The highest BCUT2D eigenvalue weighted by Crippen LogP contribution is 2.32. The number of hydrogen-bond acceptors (Lipinski definition) is 3. The van der Waals surface area contributed by atoms with Crippen LogP contribution in [0.4, 0.5) is 26.3 Å². The zero-order valence-corrected chi connectivity index (χ0v) is 11.2. The van der Waals surface area contributed by atoms with Crippen LogP contribution >= 0.6 is 0 Å². The molecule has 122 valence electrons. The molecule has 0 saturated carbocycles. The summed E-state index contributed by atoms with van der Waals surface area (Å²) in [5.41, 5.74) is -2.31. The highest BCUT2D eigenvalue weighted by molar-refractivity contribution is 5.68. The SMILES string of the molecule is Oc1cc(/C=C/c2nccc(C(F)(F)F)n2)cc(C(F)(F)F)c1. The van der Waals surface area contributed by atoms with Crippen LogP contribution in [0.5, 0.6) is 5.75 Å². The fourth-order valence-corrected chi connectivity index (χ4v) is 1.68. The lowest BCUT2D eigenvalue weighted by Crippen LogP contribution is -2.09. The third-order valence-electron chi connectivity index (χ3n) is 2.66. The van der Waals surface area contributed by atoms with Crippen LogP contribution in [0.3, 0.4) is 0 Å². The zero-order valence-electron chi connectivity index (χ0n) is 11.2. The number of nitrogens with zero attached hydrogens (tertiary/aromatic N) is 2. The van der Waals surface area contributed by atoms with Crippen LogP contribution in [0.1, 0.15) is 22.6 Å². The molecule has 1 aromatic heterocycles. The first-order valence-corrected chi connectivity index (χ1v) is 6.05. The number of phenols is 1. The molecule has 0 aliphatic heterocycles. The first-order valence-electron chi connectivity index (χ1n) is 6.05. The second kappa shape index (κ2) is 5.90. The molecule has 1 aromatic carbocycles. The summed E-state index contributed by atoms with van der Waals surface area (Å²) in [6.45, 7) is 0. The minimum absolute atomic E-state index is 0.0571. The number of alkyl halides is 6. The molecule has 0 aliphatic rings. The molecule has 0 spiro atoms.